The highest BCUT2D eigenvalue weighted by molar-refractivity contribution is 5.97. The van der Waals surface area contributed by atoms with Crippen LogP contribution < -0.4 is 21.3 Å². The molecular weight excluding hydrogens is 751 g/mol. The minimum absolute atomic E-state index is 0.0711. The lowest BCUT2D eigenvalue weighted by atomic mass is 9.94. The van der Waals surface area contributed by atoms with Crippen molar-refractivity contribution in [1.29, 1.82) is 0 Å². The van der Waals surface area contributed by atoms with Gasteiger partial charge in [-0.2, -0.15) is 0 Å². The number of H-pyrrole nitrogens is 2. The molecule has 0 spiro atoms. The molecule has 58 heavy (non-hydrogen) atoms. The van der Waals surface area contributed by atoms with Crippen LogP contribution in [0.2, 0.25) is 0 Å². The van der Waals surface area contributed by atoms with Gasteiger partial charge in [-0.25, -0.2) is 8.78 Å². The number of aliphatic hydroxyl groups excluding tert-OH is 2. The second kappa shape index (κ2) is 17.9. The van der Waals surface area contributed by atoms with Crippen LogP contribution in [0, 0.1) is 11.6 Å². The number of β-amino-alcohol motifs (C(OH)–C–C–N with tert-alkyl or cyclic N) is 2. The molecule has 0 saturated carbocycles. The van der Waals surface area contributed by atoms with Gasteiger partial charge in [-0.3, -0.25) is 19.2 Å². The fourth-order valence-electron chi connectivity index (χ4n) is 8.42. The Balaban J connectivity index is 1.40. The van der Waals surface area contributed by atoms with Crippen molar-refractivity contribution in [2.24, 2.45) is 0 Å². The molecule has 4 amide bonds. The van der Waals surface area contributed by atoms with E-state index in [1.807, 2.05) is 13.8 Å². The first-order valence-electron chi connectivity index (χ1n) is 20.2. The Morgan fingerprint density at radius 3 is 1.43 bits per heavy atom. The van der Waals surface area contributed by atoms with Crippen molar-refractivity contribution in [3.8, 4) is 11.4 Å². The lowest BCUT2D eigenvalue weighted by Crippen LogP contribution is -2.53. The summed E-state index contributed by atoms with van der Waals surface area (Å²) in [5, 5.41) is 34.7. The van der Waals surface area contributed by atoms with Crippen molar-refractivity contribution in [1.82, 2.24) is 41.0 Å². The van der Waals surface area contributed by atoms with Crippen LogP contribution in [0.3, 0.4) is 0 Å². The summed E-state index contributed by atoms with van der Waals surface area (Å²) < 4.78 is 29.6. The third-order valence-electron chi connectivity index (χ3n) is 11.9. The smallest absolute Gasteiger partial charge is 0.245 e. The number of carbonyl (C=O) groups is 4. The summed E-state index contributed by atoms with van der Waals surface area (Å²) in [6.45, 7) is 7.15. The van der Waals surface area contributed by atoms with E-state index in [4.69, 9.17) is 0 Å². The SMILES string of the molecule is CCC(NC(=O)[C@H](C)NC)C(=O)N1C[C@@H](O)C[C@H]1Cc1c(-c2[nH]c3cc(F)ccc3c2C[C@@H]2C[C@H](O)CN2C(=O)[C@H](CC)NC(=O)[C@H](C)NC)[nH]c2cc(F)ccc12. The number of carbonyl (C=O) groups excluding carboxylic acids is 4. The molecule has 2 saturated heterocycles. The summed E-state index contributed by atoms with van der Waals surface area (Å²) in [5.41, 5.74) is 3.58. The molecule has 2 aromatic carbocycles. The van der Waals surface area contributed by atoms with Gasteiger partial charge in [0.1, 0.15) is 23.7 Å². The lowest BCUT2D eigenvalue weighted by Gasteiger charge is -2.30. The second-order valence-electron chi connectivity index (χ2n) is 15.8. The van der Waals surface area contributed by atoms with Gasteiger partial charge in [0.2, 0.25) is 23.6 Å². The molecule has 16 heteroatoms. The van der Waals surface area contributed by atoms with Crippen molar-refractivity contribution in [2.45, 2.75) is 115 Å². The van der Waals surface area contributed by atoms with Crippen LogP contribution >= 0.6 is 0 Å². The monoisotopic (exact) mass is 806 g/mol. The number of halogens is 2. The molecule has 8 atom stereocenters. The maximum absolute atomic E-state index is 14.8. The highest BCUT2D eigenvalue weighted by Crippen LogP contribution is 2.40. The van der Waals surface area contributed by atoms with Crippen LogP contribution in [0.25, 0.3) is 33.2 Å². The molecule has 2 aliphatic rings. The van der Waals surface area contributed by atoms with Crippen molar-refractivity contribution in [2.75, 3.05) is 27.2 Å². The maximum Gasteiger partial charge on any atom is 0.245 e. The zero-order chi connectivity index (χ0) is 42.0. The number of rotatable bonds is 15. The third-order valence-corrected chi connectivity index (χ3v) is 11.9. The number of hydrogen-bond acceptors (Lipinski definition) is 8. The maximum atomic E-state index is 14.8. The number of benzene rings is 2. The number of likely N-dealkylation sites (N-methyl/N-ethyl adjacent to an activating group) is 2. The van der Waals surface area contributed by atoms with E-state index < -0.39 is 60.1 Å². The summed E-state index contributed by atoms with van der Waals surface area (Å²) in [6, 6.07) is 5.13. The summed E-state index contributed by atoms with van der Waals surface area (Å²) in [6.07, 6.45) is 0.0738. The molecule has 0 radical (unpaired) electrons. The van der Waals surface area contributed by atoms with Gasteiger partial charge in [0.05, 0.1) is 35.7 Å². The van der Waals surface area contributed by atoms with Crippen molar-refractivity contribution in [3.05, 3.63) is 59.2 Å². The Morgan fingerprint density at radius 2 is 1.09 bits per heavy atom. The van der Waals surface area contributed by atoms with Gasteiger partial charge < -0.3 is 51.2 Å². The highest BCUT2D eigenvalue weighted by Gasteiger charge is 2.41. The zero-order valence-corrected chi connectivity index (χ0v) is 33.9. The predicted molar refractivity (Wildman–Crippen MR) is 217 cm³/mol. The minimum Gasteiger partial charge on any atom is -0.391 e. The van der Waals surface area contributed by atoms with E-state index in [-0.39, 0.29) is 62.4 Å². The van der Waals surface area contributed by atoms with Crippen molar-refractivity contribution < 1.29 is 38.2 Å². The number of aromatic amines is 2. The van der Waals surface area contributed by atoms with Gasteiger partial charge in [-0.1, -0.05) is 13.8 Å². The molecule has 2 aliphatic heterocycles. The highest BCUT2D eigenvalue weighted by atomic mass is 19.1. The second-order valence-corrected chi connectivity index (χ2v) is 15.8. The summed E-state index contributed by atoms with van der Waals surface area (Å²) in [4.78, 5) is 63.7. The van der Waals surface area contributed by atoms with Gasteiger partial charge >= 0.3 is 0 Å². The van der Waals surface area contributed by atoms with E-state index in [0.717, 1.165) is 11.1 Å². The molecule has 2 aromatic heterocycles. The predicted octanol–water partition coefficient (Wildman–Crippen LogP) is 2.61. The van der Waals surface area contributed by atoms with Gasteiger partial charge in [0, 0.05) is 47.0 Å². The Hall–Kier alpha value is -4.90. The van der Waals surface area contributed by atoms with E-state index >= 15 is 0 Å². The van der Waals surface area contributed by atoms with Gasteiger partial charge in [-0.05, 0) is 114 Å². The first-order valence-corrected chi connectivity index (χ1v) is 20.2. The molecule has 0 bridgehead atoms. The summed E-state index contributed by atoms with van der Waals surface area (Å²) in [7, 11) is 3.31. The number of fused-ring (bicyclic) bond motifs is 2. The molecule has 314 valence electrons. The van der Waals surface area contributed by atoms with Crippen molar-refractivity contribution >= 4 is 45.4 Å². The van der Waals surface area contributed by atoms with Crippen LogP contribution in [0.1, 0.15) is 64.5 Å². The van der Waals surface area contributed by atoms with Gasteiger partial charge in [-0.15, -0.1) is 0 Å². The van der Waals surface area contributed by atoms with Gasteiger partial charge in [0.15, 0.2) is 0 Å². The Bertz CT molecular complexity index is 2010. The van der Waals surface area contributed by atoms with Crippen LogP contribution in [-0.4, -0.2) is 129 Å². The van der Waals surface area contributed by atoms with Crippen LogP contribution in [0.15, 0.2) is 36.4 Å². The van der Waals surface area contributed by atoms with Gasteiger partial charge in [0.25, 0.3) is 0 Å². The molecule has 4 heterocycles. The van der Waals surface area contributed by atoms with E-state index in [1.165, 1.54) is 24.3 Å². The number of amides is 4. The van der Waals surface area contributed by atoms with Crippen molar-refractivity contribution in [3.63, 3.8) is 0 Å². The lowest BCUT2D eigenvalue weighted by molar-refractivity contribution is -0.138. The molecule has 14 nitrogen and oxygen atoms in total. The number of aliphatic hydroxyl groups is 2. The number of nitrogens with zero attached hydrogens (tertiary/aromatic N) is 2. The minimum atomic E-state index is -0.817. The first kappa shape index (κ1) is 42.7. The first-order chi connectivity index (χ1) is 27.7. The molecule has 2 fully saturated rings. The standard InChI is InChI=1S/C42H56F2N8O6/c1-7-33(49-39(55)21(3)45-5)41(57)51-19-27(53)15-25(51)17-31-29-11-9-23(43)13-35(29)47-37(31)38-32(30-12-10-24(44)14-36(30)48-38)18-26-16-28(54)20-52(26)42(58)34(8-2)50-40(56)22(4)46-6/h9-14,21-22,25-28,33-34,45-48,53-54H,7-8,15-20H2,1-6H3,(H,49,55)(H,50,56)/t21-,22-,25-,26-,27-,28-,33-,34?/m0/s1. The number of hydrogen-bond donors (Lipinski definition) is 8. The summed E-state index contributed by atoms with van der Waals surface area (Å²) >= 11 is 0. The Morgan fingerprint density at radius 1 is 0.707 bits per heavy atom. The Labute approximate surface area is 336 Å². The zero-order valence-electron chi connectivity index (χ0n) is 33.9. The normalized spacial score (nSPS) is 21.7. The molecule has 1 unspecified atom stereocenters. The number of likely N-dealkylation sites (tertiary alicyclic amines) is 2. The third kappa shape index (κ3) is 8.75. The van der Waals surface area contributed by atoms with E-state index in [9.17, 15) is 38.2 Å². The number of nitrogens with one attached hydrogen (secondary N) is 6. The molecular formula is C42H56F2N8O6. The van der Waals surface area contributed by atoms with E-state index in [1.54, 1.807) is 49.9 Å². The molecule has 0 aliphatic carbocycles. The topological polar surface area (TPSA) is 195 Å². The van der Waals surface area contributed by atoms with Crippen LogP contribution in [0.5, 0.6) is 0 Å². The fraction of sp³-hybridized carbons (Fsp3) is 0.524. The average molecular weight is 807 g/mol. The largest absolute Gasteiger partial charge is 0.391 e. The fourth-order valence-corrected chi connectivity index (χ4v) is 8.42. The van der Waals surface area contributed by atoms with Crippen LogP contribution in [0.4, 0.5) is 8.78 Å². The van der Waals surface area contributed by atoms with Crippen LogP contribution in [-0.2, 0) is 32.0 Å². The van der Waals surface area contributed by atoms with E-state index in [0.29, 0.717) is 46.0 Å². The summed E-state index contributed by atoms with van der Waals surface area (Å²) in [5.74, 6) is -2.21. The average Bonchev–Trinajstić information content (AvgIpc) is 3.96. The molecule has 4 aromatic rings. The quantitative estimate of drug-likeness (QED) is 0.0899. The molecule has 6 rings (SSSR count). The van der Waals surface area contributed by atoms with E-state index in [2.05, 4.69) is 31.2 Å². The number of aromatic nitrogens is 2. The molecule has 8 N–H and O–H groups in total. The Kier molecular flexibility index (Phi) is 13.2.